The van der Waals surface area contributed by atoms with E-state index in [0.29, 0.717) is 13.0 Å². The number of nitrogens with one attached hydrogen (secondary N) is 1. The summed E-state index contributed by atoms with van der Waals surface area (Å²) in [7, 11) is 0. The number of aliphatic carboxylic acids is 1. The molecule has 19 heavy (non-hydrogen) atoms. The number of hydrogen-bond acceptors (Lipinski definition) is 3. The maximum Gasteiger partial charge on any atom is 0.326 e. The van der Waals surface area contributed by atoms with Crippen molar-refractivity contribution in [1.82, 2.24) is 10.2 Å². The number of aliphatic hydroxyl groups is 1. The third-order valence-corrected chi connectivity index (χ3v) is 3.40. The first kappa shape index (κ1) is 15.8. The van der Waals surface area contributed by atoms with E-state index < -0.39 is 12.0 Å². The van der Waals surface area contributed by atoms with Crippen molar-refractivity contribution >= 4 is 12.0 Å². The second-order valence-electron chi connectivity index (χ2n) is 5.50. The number of aliphatic hydroxyl groups excluding tert-OH is 1. The summed E-state index contributed by atoms with van der Waals surface area (Å²) < 4.78 is 0. The smallest absolute Gasteiger partial charge is 0.326 e. The van der Waals surface area contributed by atoms with Crippen molar-refractivity contribution in [2.24, 2.45) is 5.92 Å². The lowest BCUT2D eigenvalue weighted by atomic mass is 10.0. The molecule has 2 amide bonds. The van der Waals surface area contributed by atoms with Crippen molar-refractivity contribution in [2.75, 3.05) is 13.2 Å². The Hall–Kier alpha value is -1.30. The minimum atomic E-state index is -1.01. The summed E-state index contributed by atoms with van der Waals surface area (Å²) in [4.78, 5) is 24.8. The highest BCUT2D eigenvalue weighted by molar-refractivity contribution is 5.82. The van der Waals surface area contributed by atoms with E-state index in [9.17, 15) is 14.7 Å². The number of amides is 2. The van der Waals surface area contributed by atoms with Crippen LogP contribution in [-0.4, -0.2) is 52.3 Å². The van der Waals surface area contributed by atoms with Crippen molar-refractivity contribution in [3.63, 3.8) is 0 Å². The topological polar surface area (TPSA) is 89.9 Å². The molecule has 0 spiro atoms. The van der Waals surface area contributed by atoms with Crippen LogP contribution in [0.4, 0.5) is 4.79 Å². The molecule has 6 nitrogen and oxygen atoms in total. The standard InChI is InChI=1S/C13H24N2O4/c1-9(2)7-11(12(17)18)14-13(19)15-6-4-3-5-10(15)8-16/h9-11,16H,3-8H2,1-2H3,(H,14,19)(H,17,18)/t10?,11-/m0/s1. The van der Waals surface area contributed by atoms with Gasteiger partial charge in [0.1, 0.15) is 6.04 Å². The Bertz CT molecular complexity index is 320. The average molecular weight is 272 g/mol. The number of carboxylic acids is 1. The molecule has 6 heteroatoms. The van der Waals surface area contributed by atoms with E-state index in [1.807, 2.05) is 13.8 Å². The molecule has 1 aliphatic rings. The summed E-state index contributed by atoms with van der Waals surface area (Å²) in [6.07, 6.45) is 3.06. The van der Waals surface area contributed by atoms with Gasteiger partial charge in [0, 0.05) is 6.54 Å². The first-order valence-corrected chi connectivity index (χ1v) is 6.86. The van der Waals surface area contributed by atoms with Crippen LogP contribution in [0.5, 0.6) is 0 Å². The number of carbonyl (C=O) groups excluding carboxylic acids is 1. The second kappa shape index (κ2) is 7.33. The fourth-order valence-electron chi connectivity index (χ4n) is 2.38. The molecule has 3 N–H and O–H groups in total. The van der Waals surface area contributed by atoms with E-state index in [0.717, 1.165) is 19.3 Å². The fraction of sp³-hybridized carbons (Fsp3) is 0.846. The molecule has 0 saturated carbocycles. The zero-order valence-electron chi connectivity index (χ0n) is 11.6. The number of rotatable bonds is 5. The number of carbonyl (C=O) groups is 2. The Balaban J connectivity index is 2.62. The molecule has 110 valence electrons. The summed E-state index contributed by atoms with van der Waals surface area (Å²) in [5, 5.41) is 20.9. The SMILES string of the molecule is CC(C)C[C@H](NC(=O)N1CCCCC1CO)C(=O)O. The highest BCUT2D eigenvalue weighted by Gasteiger charge is 2.29. The van der Waals surface area contributed by atoms with Gasteiger partial charge in [0.15, 0.2) is 0 Å². The maximum absolute atomic E-state index is 12.1. The van der Waals surface area contributed by atoms with Crippen molar-refractivity contribution in [3.8, 4) is 0 Å². The van der Waals surface area contributed by atoms with Crippen molar-refractivity contribution in [3.05, 3.63) is 0 Å². The maximum atomic E-state index is 12.1. The third-order valence-electron chi connectivity index (χ3n) is 3.40. The van der Waals surface area contributed by atoms with Gasteiger partial charge in [-0.05, 0) is 31.6 Å². The number of hydrogen-bond donors (Lipinski definition) is 3. The van der Waals surface area contributed by atoms with Crippen LogP contribution in [0.25, 0.3) is 0 Å². The van der Waals surface area contributed by atoms with Gasteiger partial charge in [-0.3, -0.25) is 0 Å². The summed E-state index contributed by atoms with van der Waals surface area (Å²) in [5.41, 5.74) is 0. The van der Waals surface area contributed by atoms with Crippen LogP contribution in [-0.2, 0) is 4.79 Å². The van der Waals surface area contributed by atoms with E-state index in [2.05, 4.69) is 5.32 Å². The second-order valence-corrected chi connectivity index (χ2v) is 5.50. The highest BCUT2D eigenvalue weighted by Crippen LogP contribution is 2.17. The molecule has 0 aromatic heterocycles. The average Bonchev–Trinajstić information content (AvgIpc) is 2.37. The molecular weight excluding hydrogens is 248 g/mol. The van der Waals surface area contributed by atoms with Crippen LogP contribution in [0.3, 0.4) is 0 Å². The monoisotopic (exact) mass is 272 g/mol. The highest BCUT2D eigenvalue weighted by atomic mass is 16.4. The molecule has 0 aliphatic carbocycles. The van der Waals surface area contributed by atoms with Gasteiger partial charge in [-0.15, -0.1) is 0 Å². The predicted octanol–water partition coefficient (Wildman–Crippen LogP) is 1.04. The van der Waals surface area contributed by atoms with Crippen LogP contribution in [0.1, 0.15) is 39.5 Å². The molecule has 2 atom stereocenters. The van der Waals surface area contributed by atoms with Gasteiger partial charge >= 0.3 is 12.0 Å². The molecule has 1 rings (SSSR count). The molecule has 0 aromatic carbocycles. The lowest BCUT2D eigenvalue weighted by Gasteiger charge is -2.35. The largest absolute Gasteiger partial charge is 0.480 e. The molecule has 0 bridgehead atoms. The van der Waals surface area contributed by atoms with E-state index in [1.54, 1.807) is 4.90 Å². The van der Waals surface area contributed by atoms with Gasteiger partial charge in [0.25, 0.3) is 0 Å². The zero-order chi connectivity index (χ0) is 14.4. The van der Waals surface area contributed by atoms with Gasteiger partial charge in [-0.2, -0.15) is 0 Å². The summed E-state index contributed by atoms with van der Waals surface area (Å²) in [6, 6.07) is -1.44. The molecule has 1 unspecified atom stereocenters. The fourth-order valence-corrected chi connectivity index (χ4v) is 2.38. The minimum Gasteiger partial charge on any atom is -0.480 e. The number of nitrogens with zero attached hydrogens (tertiary/aromatic N) is 1. The number of carboxylic acid groups (broad SMARTS) is 1. The Morgan fingerprint density at radius 2 is 2.05 bits per heavy atom. The molecule has 1 saturated heterocycles. The summed E-state index contributed by atoms with van der Waals surface area (Å²) in [5.74, 6) is -0.823. The molecule has 1 fully saturated rings. The number of piperidine rings is 1. The van der Waals surface area contributed by atoms with Crippen LogP contribution >= 0.6 is 0 Å². The van der Waals surface area contributed by atoms with Gasteiger partial charge in [0.2, 0.25) is 0 Å². The van der Waals surface area contributed by atoms with Crippen molar-refractivity contribution in [2.45, 2.75) is 51.6 Å². The van der Waals surface area contributed by atoms with Crippen LogP contribution in [0, 0.1) is 5.92 Å². The first-order valence-electron chi connectivity index (χ1n) is 6.86. The van der Waals surface area contributed by atoms with E-state index >= 15 is 0 Å². The third kappa shape index (κ3) is 4.70. The van der Waals surface area contributed by atoms with Crippen LogP contribution < -0.4 is 5.32 Å². The number of urea groups is 1. The molecule has 1 heterocycles. The van der Waals surface area contributed by atoms with Crippen molar-refractivity contribution in [1.29, 1.82) is 0 Å². The lowest BCUT2D eigenvalue weighted by Crippen LogP contribution is -2.54. The van der Waals surface area contributed by atoms with Gasteiger partial charge in [0.05, 0.1) is 12.6 Å². The Labute approximate surface area is 113 Å². The van der Waals surface area contributed by atoms with Gasteiger partial charge < -0.3 is 20.4 Å². The van der Waals surface area contributed by atoms with Gasteiger partial charge in [-0.25, -0.2) is 9.59 Å². The number of likely N-dealkylation sites (tertiary alicyclic amines) is 1. The predicted molar refractivity (Wildman–Crippen MR) is 70.8 cm³/mol. The lowest BCUT2D eigenvalue weighted by molar-refractivity contribution is -0.139. The zero-order valence-corrected chi connectivity index (χ0v) is 11.6. The van der Waals surface area contributed by atoms with E-state index in [1.165, 1.54) is 0 Å². The minimum absolute atomic E-state index is 0.0741. The van der Waals surface area contributed by atoms with E-state index in [-0.39, 0.29) is 24.6 Å². The van der Waals surface area contributed by atoms with Crippen molar-refractivity contribution < 1.29 is 19.8 Å². The Morgan fingerprint density at radius 3 is 2.58 bits per heavy atom. The summed E-state index contributed by atoms with van der Waals surface area (Å²) in [6.45, 7) is 4.33. The molecule has 1 aliphatic heterocycles. The Kier molecular flexibility index (Phi) is 6.08. The quantitative estimate of drug-likeness (QED) is 0.697. The van der Waals surface area contributed by atoms with Crippen LogP contribution in [0.2, 0.25) is 0 Å². The molecular formula is C13H24N2O4. The Morgan fingerprint density at radius 1 is 1.37 bits per heavy atom. The van der Waals surface area contributed by atoms with Gasteiger partial charge in [-0.1, -0.05) is 13.8 Å². The first-order chi connectivity index (χ1) is 8.95. The molecule has 0 radical (unpaired) electrons. The van der Waals surface area contributed by atoms with Crippen LogP contribution in [0.15, 0.2) is 0 Å². The normalized spacial score (nSPS) is 21.3. The van der Waals surface area contributed by atoms with E-state index in [4.69, 9.17) is 5.11 Å². The molecule has 0 aromatic rings. The summed E-state index contributed by atoms with van der Waals surface area (Å²) >= 11 is 0.